The van der Waals surface area contributed by atoms with Gasteiger partial charge in [0, 0.05) is 19.3 Å². The molecule has 14 heteroatoms. The normalized spacial score (nSPS) is 13.9. The van der Waals surface area contributed by atoms with Gasteiger partial charge in [-0.1, -0.05) is 0 Å². The number of halogens is 2. The lowest BCUT2D eigenvalue weighted by Gasteiger charge is -2.21. The molecular weight excluding hydrogens is 470 g/mol. The van der Waals surface area contributed by atoms with Crippen LogP contribution >= 0.6 is 0 Å². The van der Waals surface area contributed by atoms with E-state index in [0.29, 0.717) is 26.1 Å². The second kappa shape index (κ2) is 10.5. The molecule has 0 unspecified atom stereocenters. The zero-order valence-electron chi connectivity index (χ0n) is 18.9. The monoisotopic (exact) mass is 492 g/mol. The highest BCUT2D eigenvalue weighted by molar-refractivity contribution is 5.60. The number of rotatable bonds is 9. The Hall–Kier alpha value is -4.07. The average molecular weight is 492 g/mol. The summed E-state index contributed by atoms with van der Waals surface area (Å²) in [4.78, 5) is 19.0. The Kier molecular flexibility index (Phi) is 7.19. The van der Waals surface area contributed by atoms with Gasteiger partial charge in [0.1, 0.15) is 12.8 Å². The molecule has 1 aliphatic rings. The molecule has 2 aromatic heterocycles. The van der Waals surface area contributed by atoms with Crippen molar-refractivity contribution < 1.29 is 32.7 Å². The molecule has 35 heavy (non-hydrogen) atoms. The second-order valence-corrected chi connectivity index (χ2v) is 7.49. The summed E-state index contributed by atoms with van der Waals surface area (Å²) in [6, 6.07) is 1.09. The Morgan fingerprint density at radius 1 is 1.17 bits per heavy atom. The van der Waals surface area contributed by atoms with Crippen LogP contribution in [0.2, 0.25) is 0 Å². The molecule has 1 fully saturated rings. The summed E-state index contributed by atoms with van der Waals surface area (Å²) < 4.78 is 51.1. The van der Waals surface area contributed by atoms with Crippen molar-refractivity contribution in [1.29, 1.82) is 0 Å². The highest BCUT2D eigenvalue weighted by atomic mass is 19.1. The fourth-order valence-electron chi connectivity index (χ4n) is 3.52. The zero-order chi connectivity index (χ0) is 24.9. The molecular formula is C21H22F2N6O6. The fourth-order valence-corrected chi connectivity index (χ4v) is 3.52. The van der Waals surface area contributed by atoms with Crippen LogP contribution in [0.5, 0.6) is 17.2 Å². The number of hydrogen-bond acceptors (Lipinski definition) is 10. The van der Waals surface area contributed by atoms with Crippen LogP contribution in [-0.4, -0.2) is 52.1 Å². The lowest BCUT2D eigenvalue weighted by atomic mass is 10.1. The van der Waals surface area contributed by atoms with E-state index < -0.39 is 28.7 Å². The lowest BCUT2D eigenvalue weighted by molar-refractivity contribution is -0.384. The van der Waals surface area contributed by atoms with E-state index in [0.717, 1.165) is 6.07 Å². The molecule has 0 radical (unpaired) electrons. The Morgan fingerprint density at radius 3 is 2.37 bits per heavy atom. The smallest absolute Gasteiger partial charge is 0.331 e. The van der Waals surface area contributed by atoms with Crippen molar-refractivity contribution in [2.75, 3.05) is 32.8 Å². The molecule has 186 valence electrons. The van der Waals surface area contributed by atoms with Crippen LogP contribution in [0.15, 0.2) is 24.7 Å². The Morgan fingerprint density at radius 2 is 1.80 bits per heavy atom. The van der Waals surface area contributed by atoms with Crippen molar-refractivity contribution in [3.8, 4) is 17.2 Å². The van der Waals surface area contributed by atoms with Gasteiger partial charge in [0.15, 0.2) is 28.9 Å². The van der Waals surface area contributed by atoms with Crippen LogP contribution in [-0.2, 0) is 11.3 Å². The van der Waals surface area contributed by atoms with E-state index in [2.05, 4.69) is 20.4 Å². The van der Waals surface area contributed by atoms with Crippen LogP contribution in [0.4, 0.5) is 26.2 Å². The minimum Gasteiger partial charge on any atom is -0.494 e. The van der Waals surface area contributed by atoms with E-state index >= 15 is 0 Å². The molecule has 1 saturated heterocycles. The van der Waals surface area contributed by atoms with Gasteiger partial charge in [-0.15, -0.1) is 5.10 Å². The number of nitrogens with one attached hydrogen (secondary N) is 1. The number of hydrogen-bond donors (Lipinski definition) is 1. The van der Waals surface area contributed by atoms with Crippen LogP contribution < -0.4 is 19.5 Å². The first-order valence-corrected chi connectivity index (χ1v) is 10.5. The SMILES string of the molecule is COc1cc(OC)c(F)c(COc2cnc(Nc3nn(C4CCOCC4)cc3[N+](=O)[O-])nc2)c1F. The first-order valence-electron chi connectivity index (χ1n) is 10.5. The first-order chi connectivity index (χ1) is 16.9. The number of ether oxygens (including phenoxy) is 4. The molecule has 0 spiro atoms. The van der Waals surface area contributed by atoms with E-state index in [1.807, 2.05) is 0 Å². The minimum absolute atomic E-state index is 0.00859. The third kappa shape index (κ3) is 5.21. The summed E-state index contributed by atoms with van der Waals surface area (Å²) in [6.07, 6.45) is 5.26. The molecule has 0 aliphatic carbocycles. The van der Waals surface area contributed by atoms with Crippen LogP contribution in [0.25, 0.3) is 0 Å². The summed E-state index contributed by atoms with van der Waals surface area (Å²) >= 11 is 0. The van der Waals surface area contributed by atoms with E-state index in [1.165, 1.54) is 32.8 Å². The first kappa shape index (κ1) is 24.1. The number of methoxy groups -OCH3 is 2. The Labute approximate surface area is 197 Å². The van der Waals surface area contributed by atoms with Gasteiger partial charge in [-0.25, -0.2) is 18.7 Å². The maximum Gasteiger partial charge on any atom is 0.331 e. The van der Waals surface area contributed by atoms with Gasteiger partial charge in [0.05, 0.1) is 43.1 Å². The van der Waals surface area contributed by atoms with Crippen molar-refractivity contribution in [2.24, 2.45) is 0 Å². The van der Waals surface area contributed by atoms with Gasteiger partial charge >= 0.3 is 5.69 Å². The summed E-state index contributed by atoms with van der Waals surface area (Å²) in [7, 11) is 2.49. The number of aromatic nitrogens is 4. The maximum absolute atomic E-state index is 14.5. The summed E-state index contributed by atoms with van der Waals surface area (Å²) in [6.45, 7) is 0.631. The molecule has 0 saturated carbocycles. The van der Waals surface area contributed by atoms with E-state index in [4.69, 9.17) is 18.9 Å². The van der Waals surface area contributed by atoms with Crippen molar-refractivity contribution >= 4 is 17.5 Å². The highest BCUT2D eigenvalue weighted by Gasteiger charge is 2.25. The molecule has 1 N–H and O–H groups in total. The van der Waals surface area contributed by atoms with E-state index in [1.54, 1.807) is 4.68 Å². The predicted octanol–water partition coefficient (Wildman–Crippen LogP) is 3.55. The molecule has 3 aromatic rings. The number of anilines is 2. The van der Waals surface area contributed by atoms with Crippen molar-refractivity contribution in [1.82, 2.24) is 19.7 Å². The molecule has 12 nitrogen and oxygen atoms in total. The Balaban J connectivity index is 1.47. The largest absolute Gasteiger partial charge is 0.494 e. The molecule has 3 heterocycles. The third-order valence-electron chi connectivity index (χ3n) is 5.38. The average Bonchev–Trinajstić information content (AvgIpc) is 3.30. The quantitative estimate of drug-likeness (QED) is 0.349. The maximum atomic E-state index is 14.5. The van der Waals surface area contributed by atoms with Crippen molar-refractivity contribution in [3.63, 3.8) is 0 Å². The standard InChI is InChI=1S/C21H22F2N6O6/c1-32-16-7-17(33-2)19(23)14(18(16)22)11-35-13-8-24-21(25-9-13)26-20-15(29(30)31)10-28(27-20)12-3-5-34-6-4-12/h7-10,12H,3-6,11H2,1-2H3,(H,24,25,26,27). The topological polar surface area (TPSA) is 136 Å². The lowest BCUT2D eigenvalue weighted by Crippen LogP contribution is -2.20. The molecule has 0 amide bonds. The highest BCUT2D eigenvalue weighted by Crippen LogP contribution is 2.32. The summed E-state index contributed by atoms with van der Waals surface area (Å²) in [5.74, 6) is -2.10. The van der Waals surface area contributed by atoms with Crippen molar-refractivity contribution in [3.05, 3.63) is 52.0 Å². The van der Waals surface area contributed by atoms with E-state index in [-0.39, 0.29) is 40.7 Å². The van der Waals surface area contributed by atoms with Crippen molar-refractivity contribution in [2.45, 2.75) is 25.5 Å². The van der Waals surface area contributed by atoms with Gasteiger partial charge < -0.3 is 24.3 Å². The number of nitrogens with zero attached hydrogens (tertiary/aromatic N) is 5. The zero-order valence-corrected chi connectivity index (χ0v) is 18.9. The van der Waals surface area contributed by atoms with E-state index in [9.17, 15) is 18.9 Å². The molecule has 1 aliphatic heterocycles. The van der Waals surface area contributed by atoms with Gasteiger partial charge in [-0.3, -0.25) is 14.8 Å². The third-order valence-corrected chi connectivity index (χ3v) is 5.38. The fraction of sp³-hybridized carbons (Fsp3) is 0.381. The van der Waals surface area contributed by atoms with Gasteiger partial charge in [-0.2, -0.15) is 0 Å². The summed E-state index contributed by atoms with van der Waals surface area (Å²) in [5.41, 5.74) is -0.615. The van der Waals surface area contributed by atoms with Gasteiger partial charge in [0.2, 0.25) is 11.8 Å². The second-order valence-electron chi connectivity index (χ2n) is 7.49. The van der Waals surface area contributed by atoms with Crippen LogP contribution in [0.3, 0.4) is 0 Å². The van der Waals surface area contributed by atoms with Gasteiger partial charge in [-0.05, 0) is 12.8 Å². The molecule has 0 atom stereocenters. The van der Waals surface area contributed by atoms with Gasteiger partial charge in [0.25, 0.3) is 0 Å². The molecule has 1 aromatic carbocycles. The number of benzene rings is 1. The van der Waals surface area contributed by atoms with Crippen LogP contribution in [0, 0.1) is 21.7 Å². The predicted molar refractivity (Wildman–Crippen MR) is 117 cm³/mol. The molecule has 0 bridgehead atoms. The van der Waals surface area contributed by atoms with Crippen LogP contribution in [0.1, 0.15) is 24.4 Å². The Bertz CT molecular complexity index is 1170. The minimum atomic E-state index is -0.919. The number of nitro groups is 1. The summed E-state index contributed by atoms with van der Waals surface area (Å²) in [5, 5.41) is 18.5. The molecule has 4 rings (SSSR count).